The van der Waals surface area contributed by atoms with Crippen molar-refractivity contribution < 1.29 is 19.8 Å². The standard InChI is InChI=1S/C4H13O4P/c1-2-3-9(6,7,8)4-5/h5-8H,2-4H2,1H3. The van der Waals surface area contributed by atoms with Gasteiger partial charge in [0.2, 0.25) is 0 Å². The summed E-state index contributed by atoms with van der Waals surface area (Å²) < 4.78 is 0. The fourth-order valence-corrected chi connectivity index (χ4v) is 1.59. The van der Waals surface area contributed by atoms with E-state index in [2.05, 4.69) is 0 Å². The molecule has 58 valence electrons. The van der Waals surface area contributed by atoms with Crippen LogP contribution in [0.2, 0.25) is 0 Å². The predicted octanol–water partition coefficient (Wildman–Crippen LogP) is -0.379. The summed E-state index contributed by atoms with van der Waals surface area (Å²) in [5.74, 6) is 0. The third kappa shape index (κ3) is 3.78. The summed E-state index contributed by atoms with van der Waals surface area (Å²) in [6.45, 7) is 1.69. The molecule has 0 radical (unpaired) electrons. The Balaban J connectivity index is 3.95. The van der Waals surface area contributed by atoms with Crippen molar-refractivity contribution in [1.29, 1.82) is 0 Å². The number of hydrogen-bond acceptors (Lipinski definition) is 4. The Bertz CT molecular complexity index is 94.5. The summed E-state index contributed by atoms with van der Waals surface area (Å²) in [6, 6.07) is 0. The molecule has 0 atom stereocenters. The molecule has 0 aliphatic heterocycles. The van der Waals surface area contributed by atoms with E-state index in [0.29, 0.717) is 6.42 Å². The molecule has 0 aromatic carbocycles. The van der Waals surface area contributed by atoms with Gasteiger partial charge in [-0.1, -0.05) is 0 Å². The van der Waals surface area contributed by atoms with E-state index in [4.69, 9.17) is 19.8 Å². The molecule has 0 aromatic rings. The second-order valence-electron chi connectivity index (χ2n) is 2.21. The van der Waals surface area contributed by atoms with Crippen LogP contribution in [-0.4, -0.2) is 32.3 Å². The molecule has 0 unspecified atom stereocenters. The number of hydrogen-bond donors (Lipinski definition) is 4. The van der Waals surface area contributed by atoms with Crippen LogP contribution >= 0.6 is 7.28 Å². The molecule has 5 heteroatoms. The summed E-state index contributed by atoms with van der Waals surface area (Å²) in [4.78, 5) is 26.3. The van der Waals surface area contributed by atoms with Crippen molar-refractivity contribution in [2.24, 2.45) is 0 Å². The molecule has 4 N–H and O–H groups in total. The molecule has 0 rings (SSSR count). The van der Waals surface area contributed by atoms with E-state index in [9.17, 15) is 0 Å². The quantitative estimate of drug-likeness (QED) is 0.420. The monoisotopic (exact) mass is 156 g/mol. The molecule has 0 saturated heterocycles. The number of aliphatic hydroxyl groups excluding tert-OH is 1. The molecule has 0 saturated carbocycles. The van der Waals surface area contributed by atoms with Crippen molar-refractivity contribution in [3.63, 3.8) is 0 Å². The van der Waals surface area contributed by atoms with Gasteiger partial charge >= 0.3 is 52.9 Å². The molecule has 0 spiro atoms. The van der Waals surface area contributed by atoms with E-state index in [1.807, 2.05) is 0 Å². The molecular weight excluding hydrogens is 143 g/mol. The van der Waals surface area contributed by atoms with E-state index < -0.39 is 13.6 Å². The van der Waals surface area contributed by atoms with Gasteiger partial charge in [-0.15, -0.1) is 0 Å². The van der Waals surface area contributed by atoms with Crippen LogP contribution in [0.5, 0.6) is 0 Å². The van der Waals surface area contributed by atoms with Gasteiger partial charge in [0, 0.05) is 0 Å². The summed E-state index contributed by atoms with van der Waals surface area (Å²) >= 11 is 0. The first-order valence-corrected chi connectivity index (χ1v) is 5.22. The fraction of sp³-hybridized carbons (Fsp3) is 1.00. The SMILES string of the molecule is CCCP(O)(O)(O)CO. The van der Waals surface area contributed by atoms with Crippen molar-refractivity contribution >= 4 is 7.28 Å². The van der Waals surface area contributed by atoms with Crippen molar-refractivity contribution in [2.45, 2.75) is 13.3 Å². The Morgan fingerprint density at radius 1 is 1.22 bits per heavy atom. The van der Waals surface area contributed by atoms with Crippen LogP contribution in [0.4, 0.5) is 0 Å². The summed E-state index contributed by atoms with van der Waals surface area (Å²) in [5, 5.41) is 8.29. The molecule has 0 fully saturated rings. The minimum absolute atomic E-state index is 0.123. The van der Waals surface area contributed by atoms with Gasteiger partial charge in [-0.25, -0.2) is 0 Å². The maximum absolute atomic E-state index is 8.78. The molecule has 0 heterocycles. The predicted molar refractivity (Wildman–Crippen MR) is 35.8 cm³/mol. The third-order valence-electron chi connectivity index (χ3n) is 0.971. The van der Waals surface area contributed by atoms with Gasteiger partial charge in [0.1, 0.15) is 0 Å². The van der Waals surface area contributed by atoms with E-state index in [1.54, 1.807) is 6.92 Å². The van der Waals surface area contributed by atoms with Crippen LogP contribution in [0.3, 0.4) is 0 Å². The fourth-order valence-electron chi connectivity index (χ4n) is 0.529. The maximum atomic E-state index is 8.78. The zero-order valence-electron chi connectivity index (χ0n) is 5.36. The van der Waals surface area contributed by atoms with E-state index in [0.717, 1.165) is 0 Å². The summed E-state index contributed by atoms with van der Waals surface area (Å²) in [5.41, 5.74) is 0. The summed E-state index contributed by atoms with van der Waals surface area (Å²) in [7, 11) is -4.57. The molecular formula is C4H13O4P. The average molecular weight is 156 g/mol. The Hall–Kier alpha value is 0.270. The Morgan fingerprint density at radius 2 is 1.67 bits per heavy atom. The van der Waals surface area contributed by atoms with Crippen LogP contribution in [0.25, 0.3) is 0 Å². The first-order chi connectivity index (χ1) is 3.89. The van der Waals surface area contributed by atoms with Crippen LogP contribution in [-0.2, 0) is 0 Å². The molecule has 0 aromatic heterocycles. The van der Waals surface area contributed by atoms with Crippen LogP contribution in [0.15, 0.2) is 0 Å². The first kappa shape index (κ1) is 9.27. The summed E-state index contributed by atoms with van der Waals surface area (Å²) in [6.07, 6.45) is -0.608. The minimum atomic E-state index is -4.57. The zero-order chi connectivity index (χ0) is 7.57. The molecule has 0 amide bonds. The molecule has 9 heavy (non-hydrogen) atoms. The molecule has 0 bridgehead atoms. The van der Waals surface area contributed by atoms with Gasteiger partial charge < -0.3 is 0 Å². The molecule has 0 aliphatic carbocycles. The van der Waals surface area contributed by atoms with E-state index in [-0.39, 0.29) is 6.16 Å². The van der Waals surface area contributed by atoms with E-state index in [1.165, 1.54) is 0 Å². The van der Waals surface area contributed by atoms with E-state index >= 15 is 0 Å². The van der Waals surface area contributed by atoms with Gasteiger partial charge in [0.25, 0.3) is 0 Å². The Labute approximate surface area is 53.9 Å². The average Bonchev–Trinajstić information content (AvgIpc) is 1.66. The van der Waals surface area contributed by atoms with Gasteiger partial charge in [0.05, 0.1) is 0 Å². The van der Waals surface area contributed by atoms with Gasteiger partial charge in [-0.2, -0.15) is 0 Å². The third-order valence-corrected chi connectivity index (χ3v) is 2.91. The van der Waals surface area contributed by atoms with Crippen LogP contribution in [0, 0.1) is 0 Å². The number of aliphatic hydroxyl groups is 1. The van der Waals surface area contributed by atoms with Crippen LogP contribution in [0.1, 0.15) is 13.3 Å². The Morgan fingerprint density at radius 3 is 1.78 bits per heavy atom. The number of rotatable bonds is 3. The van der Waals surface area contributed by atoms with Crippen molar-refractivity contribution in [2.75, 3.05) is 12.5 Å². The zero-order valence-corrected chi connectivity index (χ0v) is 6.25. The van der Waals surface area contributed by atoms with Crippen molar-refractivity contribution in [1.82, 2.24) is 0 Å². The molecule has 4 nitrogen and oxygen atoms in total. The van der Waals surface area contributed by atoms with Gasteiger partial charge in [0.15, 0.2) is 0 Å². The second-order valence-corrected chi connectivity index (χ2v) is 5.62. The van der Waals surface area contributed by atoms with Gasteiger partial charge in [-0.05, 0) is 0 Å². The van der Waals surface area contributed by atoms with Crippen molar-refractivity contribution in [3.05, 3.63) is 0 Å². The first-order valence-electron chi connectivity index (χ1n) is 2.76. The normalized spacial score (nSPS) is 16.8. The second kappa shape index (κ2) is 2.48. The van der Waals surface area contributed by atoms with Crippen LogP contribution < -0.4 is 0 Å². The van der Waals surface area contributed by atoms with Crippen molar-refractivity contribution in [3.8, 4) is 0 Å². The topological polar surface area (TPSA) is 80.9 Å². The molecule has 0 aliphatic rings. The van der Waals surface area contributed by atoms with Gasteiger partial charge in [-0.3, -0.25) is 0 Å². The Kier molecular flexibility index (Phi) is 2.56.